The Kier molecular flexibility index (Phi) is 8.42. The molecule has 6 heteroatoms. The summed E-state index contributed by atoms with van der Waals surface area (Å²) >= 11 is 0. The van der Waals surface area contributed by atoms with Crippen molar-refractivity contribution in [3.63, 3.8) is 0 Å². The summed E-state index contributed by atoms with van der Waals surface area (Å²) in [7, 11) is 1.84. The number of morpholine rings is 1. The first-order chi connectivity index (χ1) is 13.7. The summed E-state index contributed by atoms with van der Waals surface area (Å²) in [5.74, 6) is 2.67. The van der Waals surface area contributed by atoms with E-state index in [2.05, 4.69) is 45.6 Å². The predicted octanol–water partition coefficient (Wildman–Crippen LogP) is 2.64. The Hall–Kier alpha value is -1.79. The van der Waals surface area contributed by atoms with Gasteiger partial charge in [0.1, 0.15) is 12.4 Å². The number of guanidine groups is 1. The summed E-state index contributed by atoms with van der Waals surface area (Å²) in [4.78, 5) is 6.77. The Bertz CT molecular complexity index is 608. The van der Waals surface area contributed by atoms with Gasteiger partial charge in [-0.1, -0.05) is 19.1 Å². The van der Waals surface area contributed by atoms with Gasteiger partial charge in [-0.05, 0) is 49.3 Å². The lowest BCUT2D eigenvalue weighted by molar-refractivity contribution is 0.0322. The Morgan fingerprint density at radius 2 is 2.00 bits per heavy atom. The molecule has 156 valence electrons. The van der Waals surface area contributed by atoms with Gasteiger partial charge in [0.15, 0.2) is 5.96 Å². The van der Waals surface area contributed by atoms with Crippen molar-refractivity contribution in [2.45, 2.75) is 45.2 Å². The van der Waals surface area contributed by atoms with Gasteiger partial charge in [0.05, 0.1) is 13.2 Å². The molecule has 0 amide bonds. The normalized spacial score (nSPS) is 24.0. The number of benzene rings is 1. The Labute approximate surface area is 169 Å². The number of aliphatic imine (C=N–C) groups is 1. The third-order valence-electron chi connectivity index (χ3n) is 5.72. The molecule has 0 bridgehead atoms. The fourth-order valence-corrected chi connectivity index (χ4v) is 3.84. The van der Waals surface area contributed by atoms with Crippen LogP contribution in [0, 0.1) is 5.92 Å². The van der Waals surface area contributed by atoms with Crippen LogP contribution in [0.4, 0.5) is 0 Å². The number of hydrogen-bond donors (Lipinski definition) is 2. The average molecular weight is 389 g/mol. The maximum absolute atomic E-state index is 5.96. The van der Waals surface area contributed by atoms with E-state index in [1.54, 1.807) is 0 Å². The molecule has 2 aliphatic rings. The van der Waals surface area contributed by atoms with Crippen molar-refractivity contribution < 1.29 is 9.47 Å². The van der Waals surface area contributed by atoms with Crippen molar-refractivity contribution in [1.29, 1.82) is 0 Å². The summed E-state index contributed by atoms with van der Waals surface area (Å²) < 4.78 is 11.3. The minimum Gasteiger partial charge on any atom is -0.492 e. The van der Waals surface area contributed by atoms with Gasteiger partial charge in [-0.25, -0.2) is 0 Å². The molecule has 0 radical (unpaired) electrons. The smallest absolute Gasteiger partial charge is 0.191 e. The number of hydrogen-bond acceptors (Lipinski definition) is 4. The van der Waals surface area contributed by atoms with E-state index in [0.29, 0.717) is 12.6 Å². The maximum atomic E-state index is 5.96. The van der Waals surface area contributed by atoms with Gasteiger partial charge < -0.3 is 20.1 Å². The minimum absolute atomic E-state index is 0.539. The number of rotatable bonds is 7. The Morgan fingerprint density at radius 1 is 1.21 bits per heavy atom. The van der Waals surface area contributed by atoms with E-state index < -0.39 is 0 Å². The minimum atomic E-state index is 0.539. The van der Waals surface area contributed by atoms with Crippen LogP contribution in [0.3, 0.4) is 0 Å². The van der Waals surface area contributed by atoms with Gasteiger partial charge in [-0.15, -0.1) is 0 Å². The van der Waals surface area contributed by atoms with Crippen LogP contribution in [0.5, 0.6) is 5.75 Å². The monoisotopic (exact) mass is 388 g/mol. The molecule has 3 rings (SSSR count). The van der Waals surface area contributed by atoms with E-state index in [4.69, 9.17) is 9.47 Å². The maximum Gasteiger partial charge on any atom is 0.191 e. The highest BCUT2D eigenvalue weighted by atomic mass is 16.5. The van der Waals surface area contributed by atoms with E-state index in [1.165, 1.54) is 31.2 Å². The van der Waals surface area contributed by atoms with Gasteiger partial charge in [0, 0.05) is 39.3 Å². The highest BCUT2D eigenvalue weighted by Gasteiger charge is 2.18. The van der Waals surface area contributed by atoms with Crippen molar-refractivity contribution in [3.05, 3.63) is 29.8 Å². The first-order valence-electron chi connectivity index (χ1n) is 10.7. The van der Waals surface area contributed by atoms with Gasteiger partial charge >= 0.3 is 0 Å². The predicted molar refractivity (Wildman–Crippen MR) is 114 cm³/mol. The summed E-state index contributed by atoms with van der Waals surface area (Å²) in [6.45, 7) is 8.40. The fraction of sp³-hybridized carbons (Fsp3) is 0.682. The molecule has 1 heterocycles. The molecular weight excluding hydrogens is 352 g/mol. The second-order valence-electron chi connectivity index (χ2n) is 7.98. The van der Waals surface area contributed by atoms with Crippen molar-refractivity contribution in [2.24, 2.45) is 10.9 Å². The SMILES string of the molecule is CN=C(NCc1cccc(OCCN2CCOCC2)c1)NC1CCC(C)CC1. The van der Waals surface area contributed by atoms with Gasteiger partial charge in [0.25, 0.3) is 0 Å². The van der Waals surface area contributed by atoms with Crippen LogP contribution in [0.1, 0.15) is 38.2 Å². The van der Waals surface area contributed by atoms with E-state index in [9.17, 15) is 0 Å². The molecule has 0 atom stereocenters. The lowest BCUT2D eigenvalue weighted by Gasteiger charge is -2.28. The number of nitrogens with one attached hydrogen (secondary N) is 2. The first-order valence-corrected chi connectivity index (χ1v) is 10.7. The second kappa shape index (κ2) is 11.3. The summed E-state index contributed by atoms with van der Waals surface area (Å²) in [5, 5.41) is 7.01. The molecule has 1 saturated heterocycles. The van der Waals surface area contributed by atoms with E-state index in [-0.39, 0.29) is 0 Å². The van der Waals surface area contributed by atoms with Crippen molar-refractivity contribution in [2.75, 3.05) is 46.5 Å². The zero-order valence-corrected chi connectivity index (χ0v) is 17.5. The molecule has 2 N–H and O–H groups in total. The third kappa shape index (κ3) is 6.99. The van der Waals surface area contributed by atoms with Crippen LogP contribution < -0.4 is 15.4 Å². The molecule has 0 unspecified atom stereocenters. The lowest BCUT2D eigenvalue weighted by Crippen LogP contribution is -2.44. The van der Waals surface area contributed by atoms with Crippen molar-refractivity contribution in [1.82, 2.24) is 15.5 Å². The second-order valence-corrected chi connectivity index (χ2v) is 7.98. The van der Waals surface area contributed by atoms with Gasteiger partial charge in [-0.3, -0.25) is 9.89 Å². The van der Waals surface area contributed by atoms with Crippen molar-refractivity contribution >= 4 is 5.96 Å². The highest BCUT2D eigenvalue weighted by molar-refractivity contribution is 5.79. The summed E-state index contributed by atoms with van der Waals surface area (Å²) in [6.07, 6.45) is 5.07. The molecular formula is C22H36N4O2. The molecule has 0 aromatic heterocycles. The zero-order chi connectivity index (χ0) is 19.6. The molecule has 6 nitrogen and oxygen atoms in total. The van der Waals surface area contributed by atoms with Crippen LogP contribution in [-0.2, 0) is 11.3 Å². The fourth-order valence-electron chi connectivity index (χ4n) is 3.84. The Morgan fingerprint density at radius 3 is 2.75 bits per heavy atom. The standard InChI is InChI=1S/C22H36N4O2/c1-18-6-8-20(9-7-18)25-22(23-2)24-17-19-4-3-5-21(16-19)28-15-12-26-10-13-27-14-11-26/h3-5,16,18,20H,6-15,17H2,1-2H3,(H2,23,24,25). The number of nitrogens with zero attached hydrogens (tertiary/aromatic N) is 2. The Balaban J connectivity index is 1.40. The highest BCUT2D eigenvalue weighted by Crippen LogP contribution is 2.23. The lowest BCUT2D eigenvalue weighted by atomic mass is 9.87. The average Bonchev–Trinajstić information content (AvgIpc) is 2.73. The molecule has 1 aromatic rings. The largest absolute Gasteiger partial charge is 0.492 e. The van der Waals surface area contributed by atoms with Crippen LogP contribution in [0.25, 0.3) is 0 Å². The number of ether oxygens (including phenoxy) is 2. The van der Waals surface area contributed by atoms with E-state index in [1.807, 2.05) is 13.1 Å². The third-order valence-corrected chi connectivity index (χ3v) is 5.72. The van der Waals surface area contributed by atoms with E-state index >= 15 is 0 Å². The molecule has 0 spiro atoms. The van der Waals surface area contributed by atoms with Crippen molar-refractivity contribution in [3.8, 4) is 5.75 Å². The van der Waals surface area contributed by atoms with Gasteiger partial charge in [-0.2, -0.15) is 0 Å². The molecule has 28 heavy (non-hydrogen) atoms. The molecule has 1 aromatic carbocycles. The molecule has 1 aliphatic carbocycles. The van der Waals surface area contributed by atoms with Crippen LogP contribution in [-0.4, -0.2) is 63.4 Å². The van der Waals surface area contributed by atoms with E-state index in [0.717, 1.165) is 57.0 Å². The summed E-state index contributed by atoms with van der Waals surface area (Å²) in [5.41, 5.74) is 1.20. The molecule has 1 aliphatic heterocycles. The summed E-state index contributed by atoms with van der Waals surface area (Å²) in [6, 6.07) is 8.86. The quantitative estimate of drug-likeness (QED) is 0.556. The molecule has 2 fully saturated rings. The van der Waals surface area contributed by atoms with Gasteiger partial charge in [0.2, 0.25) is 0 Å². The first kappa shape index (κ1) is 20.9. The van der Waals surface area contributed by atoms with Crippen LogP contribution in [0.2, 0.25) is 0 Å². The zero-order valence-electron chi connectivity index (χ0n) is 17.5. The topological polar surface area (TPSA) is 58.1 Å². The molecule has 1 saturated carbocycles. The van der Waals surface area contributed by atoms with Crippen LogP contribution >= 0.6 is 0 Å². The van der Waals surface area contributed by atoms with Crippen LogP contribution in [0.15, 0.2) is 29.3 Å².